The molecule has 2 unspecified atom stereocenters. The van der Waals surface area contributed by atoms with E-state index in [0.29, 0.717) is 5.92 Å². The number of hydrogen-bond acceptors (Lipinski definition) is 3. The second-order valence-electron chi connectivity index (χ2n) is 7.01. The molecule has 0 radical (unpaired) electrons. The molecule has 25 heavy (non-hydrogen) atoms. The van der Waals surface area contributed by atoms with Crippen LogP contribution in [0.4, 0.5) is 9.18 Å². The summed E-state index contributed by atoms with van der Waals surface area (Å²) in [5, 5.41) is 11.2. The predicted octanol–water partition coefficient (Wildman–Crippen LogP) is 2.40. The summed E-state index contributed by atoms with van der Waals surface area (Å²) in [5.41, 5.74) is 0.964. The van der Waals surface area contributed by atoms with Crippen molar-refractivity contribution in [3.05, 3.63) is 47.8 Å². The summed E-state index contributed by atoms with van der Waals surface area (Å²) in [7, 11) is 1.95. The third kappa shape index (κ3) is 3.36. The number of urea groups is 1. The number of nitrogens with zero attached hydrogens (tertiary/aromatic N) is 4. The van der Waals surface area contributed by atoms with Gasteiger partial charge in [0.25, 0.3) is 0 Å². The number of carbonyl (C=O) groups excluding carboxylic acids is 1. The van der Waals surface area contributed by atoms with Crippen molar-refractivity contribution in [2.75, 3.05) is 13.1 Å². The normalized spacial score (nSPS) is 23.5. The van der Waals surface area contributed by atoms with Gasteiger partial charge in [-0.05, 0) is 37.0 Å². The fourth-order valence-corrected chi connectivity index (χ4v) is 3.71. The zero-order chi connectivity index (χ0) is 17.4. The molecule has 0 spiro atoms. The Hall–Kier alpha value is -2.44. The Balaban J connectivity index is 1.28. The van der Waals surface area contributed by atoms with Gasteiger partial charge < -0.3 is 14.8 Å². The molecule has 1 aliphatic carbocycles. The van der Waals surface area contributed by atoms with Crippen LogP contribution in [0.5, 0.6) is 0 Å². The number of nitrogens with one attached hydrogen (secondary N) is 1. The van der Waals surface area contributed by atoms with Crippen molar-refractivity contribution in [1.82, 2.24) is 25.0 Å². The molecule has 1 aliphatic heterocycles. The largest absolute Gasteiger partial charge is 0.335 e. The van der Waals surface area contributed by atoms with E-state index in [0.717, 1.165) is 43.7 Å². The van der Waals surface area contributed by atoms with Crippen LogP contribution in [0.2, 0.25) is 0 Å². The highest BCUT2D eigenvalue weighted by atomic mass is 19.1. The van der Waals surface area contributed by atoms with Gasteiger partial charge in [0, 0.05) is 38.0 Å². The SMILES string of the molecule is Cn1cnnc1C1CCN(C(=O)NC2CC2c2cccc(F)c2)CC1. The van der Waals surface area contributed by atoms with E-state index < -0.39 is 0 Å². The van der Waals surface area contributed by atoms with Crippen molar-refractivity contribution in [1.29, 1.82) is 0 Å². The van der Waals surface area contributed by atoms with Gasteiger partial charge in [-0.25, -0.2) is 9.18 Å². The van der Waals surface area contributed by atoms with Crippen LogP contribution >= 0.6 is 0 Å². The lowest BCUT2D eigenvalue weighted by molar-refractivity contribution is 0.179. The highest BCUT2D eigenvalue weighted by Crippen LogP contribution is 2.41. The maximum atomic E-state index is 13.3. The molecule has 1 aromatic heterocycles. The fourth-order valence-electron chi connectivity index (χ4n) is 3.71. The molecule has 7 heteroatoms. The molecule has 1 aromatic carbocycles. The zero-order valence-corrected chi connectivity index (χ0v) is 14.2. The molecule has 4 rings (SSSR count). The van der Waals surface area contributed by atoms with Crippen LogP contribution in [0.15, 0.2) is 30.6 Å². The van der Waals surface area contributed by atoms with Gasteiger partial charge >= 0.3 is 6.03 Å². The number of amides is 2. The molecule has 2 atom stereocenters. The molecule has 132 valence electrons. The van der Waals surface area contributed by atoms with E-state index in [4.69, 9.17) is 0 Å². The van der Waals surface area contributed by atoms with Gasteiger partial charge in [0.05, 0.1) is 0 Å². The smallest absolute Gasteiger partial charge is 0.317 e. The lowest BCUT2D eigenvalue weighted by atomic mass is 9.96. The van der Waals surface area contributed by atoms with E-state index in [1.807, 2.05) is 22.6 Å². The van der Waals surface area contributed by atoms with Gasteiger partial charge in [-0.15, -0.1) is 10.2 Å². The molecular formula is C18H22FN5O. The summed E-state index contributed by atoms with van der Waals surface area (Å²) >= 11 is 0. The first-order valence-corrected chi connectivity index (χ1v) is 8.76. The minimum atomic E-state index is -0.222. The van der Waals surface area contributed by atoms with Gasteiger partial charge in [-0.2, -0.15) is 0 Å². The molecule has 6 nitrogen and oxygen atoms in total. The molecule has 1 saturated carbocycles. The number of benzene rings is 1. The number of rotatable bonds is 3. The number of likely N-dealkylation sites (tertiary alicyclic amines) is 1. The average Bonchev–Trinajstić information content (AvgIpc) is 3.25. The summed E-state index contributed by atoms with van der Waals surface area (Å²) in [6, 6.07) is 6.75. The molecule has 2 aromatic rings. The van der Waals surface area contributed by atoms with Crippen molar-refractivity contribution in [3.63, 3.8) is 0 Å². The van der Waals surface area contributed by atoms with Gasteiger partial charge in [0.15, 0.2) is 0 Å². The molecule has 1 saturated heterocycles. The zero-order valence-electron chi connectivity index (χ0n) is 14.2. The third-order valence-electron chi connectivity index (χ3n) is 5.27. The van der Waals surface area contributed by atoms with Crippen molar-refractivity contribution in [2.24, 2.45) is 7.05 Å². The second kappa shape index (κ2) is 6.46. The van der Waals surface area contributed by atoms with Crippen molar-refractivity contribution in [2.45, 2.75) is 37.1 Å². The second-order valence-corrected chi connectivity index (χ2v) is 7.01. The van der Waals surface area contributed by atoms with Gasteiger partial charge in [-0.1, -0.05) is 12.1 Å². The monoisotopic (exact) mass is 343 g/mol. The Morgan fingerprint density at radius 3 is 2.80 bits per heavy atom. The highest BCUT2D eigenvalue weighted by molar-refractivity contribution is 5.75. The quantitative estimate of drug-likeness (QED) is 0.931. The molecule has 2 heterocycles. The molecule has 1 N–H and O–H groups in total. The molecule has 2 amide bonds. The van der Waals surface area contributed by atoms with E-state index in [-0.39, 0.29) is 23.8 Å². The Morgan fingerprint density at radius 1 is 1.32 bits per heavy atom. The summed E-state index contributed by atoms with van der Waals surface area (Å²) in [6.45, 7) is 1.45. The van der Waals surface area contributed by atoms with E-state index >= 15 is 0 Å². The topological polar surface area (TPSA) is 63.1 Å². The van der Waals surface area contributed by atoms with Crippen LogP contribution in [0.1, 0.15) is 42.5 Å². The van der Waals surface area contributed by atoms with Crippen molar-refractivity contribution in [3.8, 4) is 0 Å². The Kier molecular flexibility index (Phi) is 4.15. The third-order valence-corrected chi connectivity index (χ3v) is 5.27. The van der Waals surface area contributed by atoms with Crippen LogP contribution < -0.4 is 5.32 Å². The van der Waals surface area contributed by atoms with Gasteiger partial charge in [-0.3, -0.25) is 0 Å². The number of aryl methyl sites for hydroxylation is 1. The Bertz CT molecular complexity index is 768. The average molecular weight is 343 g/mol. The van der Waals surface area contributed by atoms with Crippen LogP contribution in [0, 0.1) is 5.82 Å². The van der Waals surface area contributed by atoms with E-state index in [1.165, 1.54) is 6.07 Å². The van der Waals surface area contributed by atoms with Crippen LogP contribution in [-0.4, -0.2) is 44.8 Å². The first kappa shape index (κ1) is 16.1. The highest BCUT2D eigenvalue weighted by Gasteiger charge is 2.40. The molecular weight excluding hydrogens is 321 g/mol. The van der Waals surface area contributed by atoms with E-state index in [2.05, 4.69) is 15.5 Å². The molecule has 2 fully saturated rings. The number of halogens is 1. The number of carbonyl (C=O) groups is 1. The van der Waals surface area contributed by atoms with Crippen LogP contribution in [0.25, 0.3) is 0 Å². The molecule has 0 bridgehead atoms. The Morgan fingerprint density at radius 2 is 2.12 bits per heavy atom. The van der Waals surface area contributed by atoms with E-state index in [1.54, 1.807) is 18.5 Å². The first-order valence-electron chi connectivity index (χ1n) is 8.76. The van der Waals surface area contributed by atoms with Gasteiger partial charge in [0.2, 0.25) is 0 Å². The Labute approximate surface area is 146 Å². The maximum Gasteiger partial charge on any atom is 0.317 e. The maximum absolute atomic E-state index is 13.3. The van der Waals surface area contributed by atoms with Crippen molar-refractivity contribution < 1.29 is 9.18 Å². The summed E-state index contributed by atoms with van der Waals surface area (Å²) in [5.74, 6) is 1.36. The number of hydrogen-bond donors (Lipinski definition) is 1. The summed E-state index contributed by atoms with van der Waals surface area (Å²) in [6.07, 6.45) is 4.40. The van der Waals surface area contributed by atoms with Crippen LogP contribution in [0.3, 0.4) is 0 Å². The minimum Gasteiger partial charge on any atom is -0.335 e. The first-order chi connectivity index (χ1) is 12.1. The number of piperidine rings is 1. The van der Waals surface area contributed by atoms with Crippen LogP contribution in [-0.2, 0) is 7.05 Å². The lowest BCUT2D eigenvalue weighted by Gasteiger charge is -2.31. The molecule has 2 aliphatic rings. The minimum absolute atomic E-state index is 0.0136. The number of aromatic nitrogens is 3. The van der Waals surface area contributed by atoms with Crippen molar-refractivity contribution >= 4 is 6.03 Å². The lowest BCUT2D eigenvalue weighted by Crippen LogP contribution is -2.45. The summed E-state index contributed by atoms with van der Waals surface area (Å²) < 4.78 is 15.3. The standard InChI is InChI=1S/C18H22FN5O/c1-23-11-20-22-17(23)12-5-7-24(8-6-12)18(25)21-16-10-15(16)13-3-2-4-14(19)9-13/h2-4,9,11-12,15-16H,5-8,10H2,1H3,(H,21,25). The van der Waals surface area contributed by atoms with E-state index in [9.17, 15) is 9.18 Å². The summed E-state index contributed by atoms with van der Waals surface area (Å²) in [4.78, 5) is 14.3. The fraction of sp³-hybridized carbons (Fsp3) is 0.500. The predicted molar refractivity (Wildman–Crippen MR) is 90.6 cm³/mol. The van der Waals surface area contributed by atoms with Gasteiger partial charge in [0.1, 0.15) is 18.0 Å².